The zero-order chi connectivity index (χ0) is 19.6. The van der Waals surface area contributed by atoms with E-state index in [9.17, 15) is 4.39 Å². The number of nitrogens with one attached hydrogen (secondary N) is 1. The molecule has 0 aliphatic rings. The molecule has 0 atom stereocenters. The third-order valence-electron chi connectivity index (χ3n) is 4.24. The zero-order valence-corrected chi connectivity index (χ0v) is 16.1. The first-order valence-electron chi connectivity index (χ1n) is 8.92. The number of halogens is 1. The maximum atomic E-state index is 14.0. The van der Waals surface area contributed by atoms with Gasteiger partial charge in [-0.2, -0.15) is 5.10 Å². The topological polar surface area (TPSA) is 81.7 Å². The smallest absolute Gasteiger partial charge is 0.152 e. The number of hydrogen-bond donors (Lipinski definition) is 2. The Kier molecular flexibility index (Phi) is 5.12. The monoisotopic (exact) mass is 368 g/mol. The first-order valence-corrected chi connectivity index (χ1v) is 8.92. The molecule has 0 aliphatic carbocycles. The van der Waals surface area contributed by atoms with E-state index in [-0.39, 0.29) is 11.4 Å². The van der Waals surface area contributed by atoms with Gasteiger partial charge in [-0.25, -0.2) is 14.1 Å². The van der Waals surface area contributed by atoms with Gasteiger partial charge in [-0.15, -0.1) is 0 Å². The normalized spacial score (nSPS) is 11.6. The minimum atomic E-state index is -0.243. The first-order chi connectivity index (χ1) is 12.7. The second kappa shape index (κ2) is 7.34. The zero-order valence-electron chi connectivity index (χ0n) is 16.1. The van der Waals surface area contributed by atoms with Crippen molar-refractivity contribution in [3.05, 3.63) is 59.4 Å². The van der Waals surface area contributed by atoms with Gasteiger partial charge in [-0.1, -0.05) is 0 Å². The van der Waals surface area contributed by atoms with Crippen molar-refractivity contribution in [1.82, 2.24) is 19.7 Å². The second-order valence-corrected chi connectivity index (χ2v) is 7.57. The van der Waals surface area contributed by atoms with Gasteiger partial charge >= 0.3 is 0 Å². The molecule has 27 heavy (non-hydrogen) atoms. The van der Waals surface area contributed by atoms with E-state index >= 15 is 0 Å². The Bertz CT molecular complexity index is 942. The Morgan fingerprint density at radius 3 is 2.56 bits per heavy atom. The van der Waals surface area contributed by atoms with E-state index in [1.54, 1.807) is 24.5 Å². The summed E-state index contributed by atoms with van der Waals surface area (Å²) in [7, 11) is 0. The fourth-order valence-electron chi connectivity index (χ4n) is 2.85. The van der Waals surface area contributed by atoms with Crippen LogP contribution in [-0.4, -0.2) is 19.7 Å². The van der Waals surface area contributed by atoms with Crippen molar-refractivity contribution in [3.63, 3.8) is 0 Å². The quantitative estimate of drug-likeness (QED) is 0.666. The van der Waals surface area contributed by atoms with Crippen LogP contribution in [0.15, 0.2) is 36.7 Å². The Balaban J connectivity index is 1.85. The number of nitrogen functional groups attached to an aromatic ring is 1. The number of nitrogens with two attached hydrogens (primary N) is 1. The molecule has 0 bridgehead atoms. The molecule has 2 aromatic heterocycles. The van der Waals surface area contributed by atoms with Gasteiger partial charge in [0.1, 0.15) is 11.6 Å². The molecule has 142 valence electrons. The number of nitrogens with zero attached hydrogens (tertiary/aromatic N) is 4. The van der Waals surface area contributed by atoms with Gasteiger partial charge in [0.25, 0.3) is 0 Å². The average molecular weight is 368 g/mol. The van der Waals surface area contributed by atoms with Crippen molar-refractivity contribution in [2.75, 3.05) is 11.1 Å². The highest BCUT2D eigenvalue weighted by Crippen LogP contribution is 2.25. The van der Waals surface area contributed by atoms with Crippen LogP contribution in [-0.2, 0) is 18.4 Å². The standard InChI is InChI=1S/C20H25FN6/c1-13-19(24-10-9-23-13)25-18-12-16(26-27(18)20(2,3)4)7-5-14-11-15(22)6-8-17(14)21/h6,8-12H,5,7,22H2,1-4H3,(H,24,25). The lowest BCUT2D eigenvalue weighted by atomic mass is 10.1. The first kappa shape index (κ1) is 18.8. The summed E-state index contributed by atoms with van der Waals surface area (Å²) in [5.41, 5.74) is 8.39. The number of aryl methyl sites for hydroxylation is 3. The second-order valence-electron chi connectivity index (χ2n) is 7.57. The highest BCUT2D eigenvalue weighted by molar-refractivity contribution is 5.55. The van der Waals surface area contributed by atoms with E-state index in [1.165, 1.54) is 6.07 Å². The van der Waals surface area contributed by atoms with E-state index in [0.29, 0.717) is 29.9 Å². The van der Waals surface area contributed by atoms with Gasteiger partial charge in [0.2, 0.25) is 0 Å². The van der Waals surface area contributed by atoms with E-state index in [4.69, 9.17) is 10.8 Å². The van der Waals surface area contributed by atoms with Crippen LogP contribution in [0.3, 0.4) is 0 Å². The Labute approximate surface area is 158 Å². The summed E-state index contributed by atoms with van der Waals surface area (Å²) in [5, 5.41) is 8.05. The van der Waals surface area contributed by atoms with Gasteiger partial charge in [0.15, 0.2) is 5.82 Å². The molecule has 0 amide bonds. The summed E-state index contributed by atoms with van der Waals surface area (Å²) in [6.07, 6.45) is 4.45. The fourth-order valence-corrected chi connectivity index (χ4v) is 2.85. The van der Waals surface area contributed by atoms with Gasteiger partial charge < -0.3 is 11.1 Å². The summed E-state index contributed by atoms with van der Waals surface area (Å²) in [4.78, 5) is 8.60. The van der Waals surface area contributed by atoms with Gasteiger partial charge in [-0.05, 0) is 64.3 Å². The lowest BCUT2D eigenvalue weighted by Gasteiger charge is -2.22. The molecule has 7 heteroatoms. The predicted molar refractivity (Wildman–Crippen MR) is 105 cm³/mol. The summed E-state index contributed by atoms with van der Waals surface area (Å²) in [5.74, 6) is 1.28. The van der Waals surface area contributed by atoms with Crippen LogP contribution in [0.1, 0.15) is 37.7 Å². The molecular weight excluding hydrogens is 343 g/mol. The third kappa shape index (κ3) is 4.42. The molecule has 3 aromatic rings. The number of rotatable bonds is 5. The molecule has 0 saturated heterocycles. The summed E-state index contributed by atoms with van der Waals surface area (Å²) in [6.45, 7) is 8.14. The Morgan fingerprint density at radius 2 is 1.85 bits per heavy atom. The molecule has 0 unspecified atom stereocenters. The van der Waals surface area contributed by atoms with Gasteiger partial charge in [0.05, 0.1) is 16.9 Å². The lowest BCUT2D eigenvalue weighted by Crippen LogP contribution is -2.25. The molecule has 0 radical (unpaired) electrons. The minimum absolute atomic E-state index is 0.223. The van der Waals surface area contributed by atoms with E-state index < -0.39 is 0 Å². The molecule has 6 nitrogen and oxygen atoms in total. The van der Waals surface area contributed by atoms with Crippen LogP contribution in [0.2, 0.25) is 0 Å². The molecule has 1 aromatic carbocycles. The molecule has 3 N–H and O–H groups in total. The molecule has 3 rings (SSSR count). The summed E-state index contributed by atoms with van der Waals surface area (Å²) < 4.78 is 15.9. The highest BCUT2D eigenvalue weighted by Gasteiger charge is 2.20. The van der Waals surface area contributed by atoms with Crippen molar-refractivity contribution < 1.29 is 4.39 Å². The van der Waals surface area contributed by atoms with Crippen LogP contribution in [0, 0.1) is 12.7 Å². The number of hydrogen-bond acceptors (Lipinski definition) is 5. The van der Waals surface area contributed by atoms with E-state index in [2.05, 4.69) is 36.1 Å². The van der Waals surface area contributed by atoms with Crippen LogP contribution in [0.4, 0.5) is 21.7 Å². The average Bonchev–Trinajstić information content (AvgIpc) is 3.01. The maximum Gasteiger partial charge on any atom is 0.152 e. The predicted octanol–water partition coefficient (Wildman–Crippen LogP) is 3.99. The van der Waals surface area contributed by atoms with Crippen LogP contribution < -0.4 is 11.1 Å². The van der Waals surface area contributed by atoms with Crippen molar-refractivity contribution in [2.24, 2.45) is 0 Å². The minimum Gasteiger partial charge on any atom is -0.399 e. The largest absolute Gasteiger partial charge is 0.399 e. The molecular formula is C20H25FN6. The third-order valence-corrected chi connectivity index (χ3v) is 4.24. The Morgan fingerprint density at radius 1 is 1.11 bits per heavy atom. The SMILES string of the molecule is Cc1nccnc1Nc1cc(CCc2cc(N)ccc2F)nn1C(C)(C)C. The van der Waals surface area contributed by atoms with Crippen molar-refractivity contribution in [3.8, 4) is 0 Å². The lowest BCUT2D eigenvalue weighted by molar-refractivity contribution is 0.358. The van der Waals surface area contributed by atoms with Crippen molar-refractivity contribution in [1.29, 1.82) is 0 Å². The van der Waals surface area contributed by atoms with E-state index in [1.807, 2.05) is 17.7 Å². The Hall–Kier alpha value is -2.96. The molecule has 2 heterocycles. The van der Waals surface area contributed by atoms with Crippen LogP contribution in [0.5, 0.6) is 0 Å². The summed E-state index contributed by atoms with van der Waals surface area (Å²) >= 11 is 0. The van der Waals surface area contributed by atoms with Gasteiger partial charge in [0, 0.05) is 24.1 Å². The van der Waals surface area contributed by atoms with E-state index in [0.717, 1.165) is 17.2 Å². The van der Waals surface area contributed by atoms with Gasteiger partial charge in [-0.3, -0.25) is 4.98 Å². The molecule has 0 spiro atoms. The molecule has 0 fully saturated rings. The molecule has 0 saturated carbocycles. The van der Waals surface area contributed by atoms with Crippen LogP contribution >= 0.6 is 0 Å². The number of anilines is 3. The number of benzene rings is 1. The maximum absolute atomic E-state index is 14.0. The van der Waals surface area contributed by atoms with Crippen molar-refractivity contribution in [2.45, 2.75) is 46.1 Å². The fraction of sp³-hybridized carbons (Fsp3) is 0.350. The molecule has 0 aliphatic heterocycles. The summed E-state index contributed by atoms with van der Waals surface area (Å²) in [6, 6.07) is 6.63. The number of aromatic nitrogens is 4. The highest BCUT2D eigenvalue weighted by atomic mass is 19.1. The van der Waals surface area contributed by atoms with Crippen LogP contribution in [0.25, 0.3) is 0 Å². The van der Waals surface area contributed by atoms with Crippen molar-refractivity contribution >= 4 is 17.3 Å².